The van der Waals surface area contributed by atoms with Gasteiger partial charge in [0, 0.05) is 23.4 Å². The molecule has 0 aromatic heterocycles. The van der Waals surface area contributed by atoms with E-state index in [9.17, 15) is 4.39 Å². The summed E-state index contributed by atoms with van der Waals surface area (Å²) in [5.41, 5.74) is 0.829. The second kappa shape index (κ2) is 5.93. The van der Waals surface area contributed by atoms with Gasteiger partial charge in [-0.1, -0.05) is 0 Å². The highest BCUT2D eigenvalue weighted by molar-refractivity contribution is 14.1. The lowest BCUT2D eigenvalue weighted by molar-refractivity contribution is 0.481. The quantitative estimate of drug-likeness (QED) is 0.212. The standard InChI is InChI=1S/C7H2FI5/c8-1-2-3(9)5(11)7(13)6(12)4(2)10/h1H2. The van der Waals surface area contributed by atoms with Crippen molar-refractivity contribution in [2.75, 3.05) is 0 Å². The van der Waals surface area contributed by atoms with Crippen molar-refractivity contribution in [3.05, 3.63) is 23.4 Å². The smallest absolute Gasteiger partial charge is 0.117 e. The van der Waals surface area contributed by atoms with Gasteiger partial charge in [0.1, 0.15) is 6.67 Å². The van der Waals surface area contributed by atoms with Gasteiger partial charge in [-0.3, -0.25) is 0 Å². The highest BCUT2D eigenvalue weighted by Crippen LogP contribution is 2.33. The van der Waals surface area contributed by atoms with Crippen LogP contribution in [0.1, 0.15) is 5.56 Å². The molecular formula is C7H2FI5. The summed E-state index contributed by atoms with van der Waals surface area (Å²) in [6, 6.07) is 0. The Bertz CT molecular complexity index is 320. The molecule has 0 nitrogen and oxygen atoms in total. The van der Waals surface area contributed by atoms with E-state index in [4.69, 9.17) is 0 Å². The first-order valence-electron chi connectivity index (χ1n) is 3.07. The molecule has 0 bridgehead atoms. The highest BCUT2D eigenvalue weighted by Gasteiger charge is 2.16. The molecule has 6 heteroatoms. The van der Waals surface area contributed by atoms with Crippen LogP contribution in [-0.2, 0) is 6.67 Å². The molecule has 0 aliphatic heterocycles. The van der Waals surface area contributed by atoms with Crippen molar-refractivity contribution in [1.29, 1.82) is 0 Å². The molecule has 13 heavy (non-hydrogen) atoms. The Kier molecular flexibility index (Phi) is 6.32. The SMILES string of the molecule is FCc1c(I)c(I)c(I)c(I)c1I. The third-order valence-electron chi connectivity index (χ3n) is 1.43. The Balaban J connectivity index is 3.56. The van der Waals surface area contributed by atoms with Crippen LogP contribution >= 0.6 is 113 Å². The van der Waals surface area contributed by atoms with Crippen LogP contribution in [0.5, 0.6) is 0 Å². The van der Waals surface area contributed by atoms with Crippen molar-refractivity contribution in [2.24, 2.45) is 0 Å². The fraction of sp³-hybridized carbons (Fsp3) is 0.143. The van der Waals surface area contributed by atoms with E-state index in [-0.39, 0.29) is 6.67 Å². The highest BCUT2D eigenvalue weighted by atomic mass is 127. The van der Waals surface area contributed by atoms with Gasteiger partial charge >= 0.3 is 0 Å². The second-order valence-electron chi connectivity index (χ2n) is 2.18. The van der Waals surface area contributed by atoms with E-state index in [0.717, 1.165) is 19.8 Å². The zero-order valence-corrected chi connectivity index (χ0v) is 16.8. The van der Waals surface area contributed by atoms with E-state index >= 15 is 0 Å². The van der Waals surface area contributed by atoms with Crippen molar-refractivity contribution in [3.8, 4) is 0 Å². The van der Waals surface area contributed by atoms with Gasteiger partial charge in [0.25, 0.3) is 0 Å². The number of benzene rings is 1. The second-order valence-corrected chi connectivity index (χ2v) is 7.58. The first kappa shape index (κ1) is 13.9. The van der Waals surface area contributed by atoms with Crippen LogP contribution in [0.2, 0.25) is 0 Å². The molecule has 0 spiro atoms. The van der Waals surface area contributed by atoms with Gasteiger partial charge in [0.2, 0.25) is 0 Å². The summed E-state index contributed by atoms with van der Waals surface area (Å²) in [7, 11) is 0. The molecule has 1 aromatic rings. The van der Waals surface area contributed by atoms with Gasteiger partial charge in [0.15, 0.2) is 0 Å². The Morgan fingerprint density at radius 2 is 1.00 bits per heavy atom. The lowest BCUT2D eigenvalue weighted by Crippen LogP contribution is -2.01. The van der Waals surface area contributed by atoms with Crippen LogP contribution in [0.4, 0.5) is 4.39 Å². The van der Waals surface area contributed by atoms with Gasteiger partial charge < -0.3 is 0 Å². The van der Waals surface area contributed by atoms with Gasteiger partial charge in [-0.05, 0) is 113 Å². The molecule has 0 saturated heterocycles. The van der Waals surface area contributed by atoms with Crippen LogP contribution < -0.4 is 0 Å². The molecule has 0 amide bonds. The predicted molar refractivity (Wildman–Crippen MR) is 94.8 cm³/mol. The molecule has 0 radical (unpaired) electrons. The van der Waals surface area contributed by atoms with Crippen molar-refractivity contribution in [3.63, 3.8) is 0 Å². The van der Waals surface area contributed by atoms with E-state index in [2.05, 4.69) is 113 Å². The third-order valence-corrected chi connectivity index (χ3v) is 11.2. The van der Waals surface area contributed by atoms with E-state index in [1.54, 1.807) is 0 Å². The summed E-state index contributed by atoms with van der Waals surface area (Å²) >= 11 is 11.3. The van der Waals surface area contributed by atoms with Crippen molar-refractivity contribution >= 4 is 113 Å². The molecule has 72 valence electrons. The van der Waals surface area contributed by atoms with Gasteiger partial charge in [-0.25, -0.2) is 4.39 Å². The maximum absolute atomic E-state index is 12.7. The number of hydrogen-bond donors (Lipinski definition) is 0. The zero-order valence-electron chi connectivity index (χ0n) is 5.97. The van der Waals surface area contributed by atoms with Crippen molar-refractivity contribution in [2.45, 2.75) is 6.67 Å². The van der Waals surface area contributed by atoms with Crippen LogP contribution in [0.3, 0.4) is 0 Å². The van der Waals surface area contributed by atoms with Crippen LogP contribution in [0.25, 0.3) is 0 Å². The molecule has 1 aromatic carbocycles. The van der Waals surface area contributed by atoms with Crippen LogP contribution in [0.15, 0.2) is 0 Å². The average molecular weight is 740 g/mol. The normalized spacial score (nSPS) is 10.6. The van der Waals surface area contributed by atoms with E-state index in [0.29, 0.717) is 0 Å². The molecule has 0 fully saturated rings. The maximum Gasteiger partial charge on any atom is 0.117 e. The fourth-order valence-corrected chi connectivity index (χ4v) is 5.93. The molecule has 0 aliphatic carbocycles. The van der Waals surface area contributed by atoms with E-state index < -0.39 is 0 Å². The minimum Gasteiger partial charge on any atom is -0.246 e. The van der Waals surface area contributed by atoms with Gasteiger partial charge in [-0.2, -0.15) is 0 Å². The molecule has 0 heterocycles. The Morgan fingerprint density at radius 3 is 1.31 bits per heavy atom. The molecule has 0 unspecified atom stereocenters. The maximum atomic E-state index is 12.7. The lowest BCUT2D eigenvalue weighted by Gasteiger charge is -2.10. The summed E-state index contributed by atoms with van der Waals surface area (Å²) in [4.78, 5) is 0. The fourth-order valence-electron chi connectivity index (χ4n) is 0.768. The molecule has 0 N–H and O–H groups in total. The Labute approximate surface area is 144 Å². The Morgan fingerprint density at radius 1 is 0.692 bits per heavy atom. The monoisotopic (exact) mass is 740 g/mol. The first-order chi connectivity index (χ1) is 6.00. The van der Waals surface area contributed by atoms with Gasteiger partial charge in [-0.15, -0.1) is 0 Å². The first-order valence-corrected chi connectivity index (χ1v) is 8.46. The summed E-state index contributed by atoms with van der Waals surface area (Å²) in [5, 5.41) is 0. The number of hydrogen-bond acceptors (Lipinski definition) is 0. The molecule has 0 saturated carbocycles. The molecule has 1 rings (SSSR count). The summed E-state index contributed by atoms with van der Waals surface area (Å²) in [5.74, 6) is 0. The minimum atomic E-state index is -0.376. The van der Waals surface area contributed by atoms with Gasteiger partial charge in [0.05, 0.1) is 0 Å². The molecule has 0 aliphatic rings. The van der Waals surface area contributed by atoms with Crippen LogP contribution in [0, 0.1) is 17.9 Å². The summed E-state index contributed by atoms with van der Waals surface area (Å²) in [6.45, 7) is -0.376. The zero-order chi connectivity index (χ0) is 10.2. The lowest BCUT2D eigenvalue weighted by atomic mass is 10.2. The number of halogens is 6. The van der Waals surface area contributed by atoms with Crippen molar-refractivity contribution < 1.29 is 4.39 Å². The van der Waals surface area contributed by atoms with Crippen molar-refractivity contribution in [1.82, 2.24) is 0 Å². The predicted octanol–water partition coefficient (Wildman–Crippen LogP) is 5.18. The Hall–Kier alpha value is 2.80. The topological polar surface area (TPSA) is 0 Å². The summed E-state index contributed by atoms with van der Waals surface area (Å²) in [6.07, 6.45) is 0. The molecular weight excluding hydrogens is 738 g/mol. The van der Waals surface area contributed by atoms with E-state index in [1.165, 1.54) is 3.57 Å². The number of alkyl halides is 1. The number of rotatable bonds is 1. The molecule has 0 atom stereocenters. The average Bonchev–Trinajstić information content (AvgIpc) is 2.13. The summed E-state index contributed by atoms with van der Waals surface area (Å²) < 4.78 is 18.4. The minimum absolute atomic E-state index is 0.376. The third kappa shape index (κ3) is 2.92. The largest absolute Gasteiger partial charge is 0.246 e. The van der Waals surface area contributed by atoms with Crippen LogP contribution in [-0.4, -0.2) is 0 Å². The van der Waals surface area contributed by atoms with E-state index in [1.807, 2.05) is 0 Å².